The monoisotopic (exact) mass is 286 g/mol. The number of carboxylic acid groups (broad SMARTS) is 1. The predicted octanol–water partition coefficient (Wildman–Crippen LogP) is 0.500. The zero-order valence-corrected chi connectivity index (χ0v) is 12.3. The van der Waals surface area contributed by atoms with Gasteiger partial charge in [-0.25, -0.2) is 4.79 Å². The lowest BCUT2D eigenvalue weighted by atomic mass is 9.99. The number of hydrogen-bond donors (Lipinski definition) is 1. The van der Waals surface area contributed by atoms with E-state index in [2.05, 4.69) is 4.74 Å². The summed E-state index contributed by atoms with van der Waals surface area (Å²) in [7, 11) is 2.90. The largest absolute Gasteiger partial charge is 0.481 e. The Morgan fingerprint density at radius 1 is 1.40 bits per heavy atom. The minimum Gasteiger partial charge on any atom is -0.481 e. The first kappa shape index (κ1) is 16.3. The third kappa shape index (κ3) is 3.61. The van der Waals surface area contributed by atoms with Gasteiger partial charge >= 0.3 is 18.0 Å². The Balaban J connectivity index is 2.58. The Labute approximate surface area is 118 Å². The summed E-state index contributed by atoms with van der Waals surface area (Å²) < 4.78 is 4.62. The van der Waals surface area contributed by atoms with E-state index in [0.717, 1.165) is 0 Å². The average Bonchev–Trinajstić information content (AvgIpc) is 2.78. The Kier molecular flexibility index (Phi) is 5.35. The van der Waals surface area contributed by atoms with Gasteiger partial charge < -0.3 is 19.6 Å². The molecule has 1 N–H and O–H groups in total. The topological polar surface area (TPSA) is 87.2 Å². The number of ether oxygens (including phenoxy) is 1. The fourth-order valence-electron chi connectivity index (χ4n) is 2.45. The number of amides is 2. The number of esters is 1. The van der Waals surface area contributed by atoms with Gasteiger partial charge in [-0.05, 0) is 5.92 Å². The van der Waals surface area contributed by atoms with Crippen LogP contribution in [0.4, 0.5) is 4.79 Å². The van der Waals surface area contributed by atoms with Crippen LogP contribution in [0.1, 0.15) is 13.8 Å². The molecule has 0 spiro atoms. The molecule has 0 bridgehead atoms. The van der Waals surface area contributed by atoms with E-state index in [1.165, 1.54) is 16.9 Å². The van der Waals surface area contributed by atoms with Crippen molar-refractivity contribution in [3.63, 3.8) is 0 Å². The van der Waals surface area contributed by atoms with Crippen LogP contribution >= 0.6 is 0 Å². The highest BCUT2D eigenvalue weighted by Gasteiger charge is 2.38. The van der Waals surface area contributed by atoms with Crippen molar-refractivity contribution >= 4 is 18.0 Å². The Hall–Kier alpha value is -1.79. The SMILES string of the molecule is COC(=O)C(C)CN(C)C(=O)N1CC(C)C(C(=O)O)C1. The van der Waals surface area contributed by atoms with Gasteiger partial charge in [-0.2, -0.15) is 0 Å². The fraction of sp³-hybridized carbons (Fsp3) is 0.769. The highest BCUT2D eigenvalue weighted by atomic mass is 16.5. The zero-order chi connectivity index (χ0) is 15.4. The molecule has 1 heterocycles. The maximum Gasteiger partial charge on any atom is 0.319 e. The van der Waals surface area contributed by atoms with Gasteiger partial charge in [0.15, 0.2) is 0 Å². The van der Waals surface area contributed by atoms with Crippen molar-refractivity contribution in [2.24, 2.45) is 17.8 Å². The van der Waals surface area contributed by atoms with Crippen LogP contribution in [-0.4, -0.2) is 66.7 Å². The van der Waals surface area contributed by atoms with Crippen LogP contribution < -0.4 is 0 Å². The second kappa shape index (κ2) is 6.58. The molecule has 3 unspecified atom stereocenters. The van der Waals surface area contributed by atoms with E-state index in [1.807, 2.05) is 6.92 Å². The minimum absolute atomic E-state index is 0.0668. The smallest absolute Gasteiger partial charge is 0.319 e. The van der Waals surface area contributed by atoms with E-state index >= 15 is 0 Å². The van der Waals surface area contributed by atoms with Crippen molar-refractivity contribution in [3.8, 4) is 0 Å². The molecular formula is C13H22N2O5. The lowest BCUT2D eigenvalue weighted by Gasteiger charge is -2.26. The van der Waals surface area contributed by atoms with Gasteiger partial charge in [0.2, 0.25) is 0 Å². The summed E-state index contributed by atoms with van der Waals surface area (Å²) in [5, 5.41) is 9.06. The summed E-state index contributed by atoms with van der Waals surface area (Å²) in [4.78, 5) is 37.5. The standard InChI is InChI=1S/C13H22N2O5/c1-8-6-15(7-10(8)11(16)17)13(19)14(3)5-9(2)12(18)20-4/h8-10H,5-7H2,1-4H3,(H,16,17). The van der Waals surface area contributed by atoms with E-state index in [4.69, 9.17) is 5.11 Å². The van der Waals surface area contributed by atoms with Crippen molar-refractivity contribution in [2.45, 2.75) is 13.8 Å². The number of nitrogens with zero attached hydrogens (tertiary/aromatic N) is 2. The molecule has 1 aliphatic heterocycles. The van der Waals surface area contributed by atoms with Crippen molar-refractivity contribution in [2.75, 3.05) is 33.8 Å². The van der Waals surface area contributed by atoms with Gasteiger partial charge in [0.25, 0.3) is 0 Å². The normalized spacial score (nSPS) is 23.3. The predicted molar refractivity (Wildman–Crippen MR) is 71.1 cm³/mol. The van der Waals surface area contributed by atoms with Crippen LogP contribution in [-0.2, 0) is 14.3 Å². The number of urea groups is 1. The molecule has 20 heavy (non-hydrogen) atoms. The maximum atomic E-state index is 12.2. The molecule has 3 atom stereocenters. The van der Waals surface area contributed by atoms with E-state index in [0.29, 0.717) is 6.54 Å². The molecular weight excluding hydrogens is 264 g/mol. The van der Waals surface area contributed by atoms with E-state index in [1.54, 1.807) is 14.0 Å². The Morgan fingerprint density at radius 2 is 2.00 bits per heavy atom. The molecule has 1 fully saturated rings. The van der Waals surface area contributed by atoms with Gasteiger partial charge in [0, 0.05) is 26.7 Å². The van der Waals surface area contributed by atoms with E-state index in [9.17, 15) is 14.4 Å². The average molecular weight is 286 g/mol. The number of carboxylic acids is 1. The van der Waals surface area contributed by atoms with Crippen LogP contribution in [0.3, 0.4) is 0 Å². The van der Waals surface area contributed by atoms with Gasteiger partial charge in [-0.1, -0.05) is 13.8 Å². The van der Waals surface area contributed by atoms with Gasteiger partial charge in [-0.3, -0.25) is 9.59 Å². The van der Waals surface area contributed by atoms with Crippen LogP contribution in [0.25, 0.3) is 0 Å². The lowest BCUT2D eigenvalue weighted by molar-refractivity contribution is -0.145. The van der Waals surface area contributed by atoms with Crippen LogP contribution in [0.2, 0.25) is 0 Å². The highest BCUT2D eigenvalue weighted by molar-refractivity contribution is 5.78. The molecule has 0 aromatic carbocycles. The molecule has 2 amide bonds. The first-order valence-corrected chi connectivity index (χ1v) is 6.58. The van der Waals surface area contributed by atoms with Crippen LogP contribution in [0, 0.1) is 17.8 Å². The van der Waals surface area contributed by atoms with Gasteiger partial charge in [-0.15, -0.1) is 0 Å². The maximum absolute atomic E-state index is 12.2. The van der Waals surface area contributed by atoms with Gasteiger partial charge in [0.05, 0.1) is 18.9 Å². The van der Waals surface area contributed by atoms with Gasteiger partial charge in [0.1, 0.15) is 0 Å². The first-order chi connectivity index (χ1) is 9.27. The van der Waals surface area contributed by atoms with Crippen LogP contribution in [0.15, 0.2) is 0 Å². The first-order valence-electron chi connectivity index (χ1n) is 6.58. The molecule has 114 valence electrons. The molecule has 7 nitrogen and oxygen atoms in total. The Morgan fingerprint density at radius 3 is 2.45 bits per heavy atom. The molecule has 1 rings (SSSR count). The molecule has 0 saturated carbocycles. The highest BCUT2D eigenvalue weighted by Crippen LogP contribution is 2.24. The molecule has 0 aromatic heterocycles. The van der Waals surface area contributed by atoms with Crippen molar-refractivity contribution in [1.82, 2.24) is 9.80 Å². The molecule has 1 saturated heterocycles. The number of carbonyl (C=O) groups excluding carboxylic acids is 2. The number of rotatable bonds is 4. The number of carbonyl (C=O) groups is 3. The van der Waals surface area contributed by atoms with Crippen LogP contribution in [0.5, 0.6) is 0 Å². The molecule has 0 aromatic rings. The number of aliphatic carboxylic acids is 1. The molecule has 7 heteroatoms. The summed E-state index contributed by atoms with van der Waals surface area (Å²) in [5.41, 5.74) is 0. The lowest BCUT2D eigenvalue weighted by Crippen LogP contribution is -2.43. The van der Waals surface area contributed by atoms with E-state index in [-0.39, 0.29) is 31.0 Å². The Bertz CT molecular complexity index is 398. The second-order valence-corrected chi connectivity index (χ2v) is 5.41. The summed E-state index contributed by atoms with van der Waals surface area (Å²) in [6.45, 7) is 4.39. The molecule has 0 aliphatic carbocycles. The molecule has 1 aliphatic rings. The zero-order valence-electron chi connectivity index (χ0n) is 12.3. The minimum atomic E-state index is -0.876. The summed E-state index contributed by atoms with van der Waals surface area (Å²) in [6.07, 6.45) is 0. The van der Waals surface area contributed by atoms with Crippen molar-refractivity contribution in [3.05, 3.63) is 0 Å². The summed E-state index contributed by atoms with van der Waals surface area (Å²) in [6, 6.07) is -0.253. The van der Waals surface area contributed by atoms with Crippen molar-refractivity contribution in [1.29, 1.82) is 0 Å². The number of methoxy groups -OCH3 is 1. The summed E-state index contributed by atoms with van der Waals surface area (Å²) in [5.74, 6) is -2.25. The molecule has 0 radical (unpaired) electrons. The number of likely N-dealkylation sites (tertiary alicyclic amines) is 1. The van der Waals surface area contributed by atoms with Crippen molar-refractivity contribution < 1.29 is 24.2 Å². The quantitative estimate of drug-likeness (QED) is 0.760. The number of hydrogen-bond acceptors (Lipinski definition) is 4. The summed E-state index contributed by atoms with van der Waals surface area (Å²) >= 11 is 0. The van der Waals surface area contributed by atoms with E-state index < -0.39 is 17.8 Å². The third-order valence-electron chi connectivity index (χ3n) is 3.68. The second-order valence-electron chi connectivity index (χ2n) is 5.41. The fourth-order valence-corrected chi connectivity index (χ4v) is 2.45. The third-order valence-corrected chi connectivity index (χ3v) is 3.68.